The molecule has 0 radical (unpaired) electrons. The molecule has 0 spiro atoms. The first-order valence-electron chi connectivity index (χ1n) is 10.1. The predicted octanol–water partition coefficient (Wildman–Crippen LogP) is 4.61. The lowest BCUT2D eigenvalue weighted by molar-refractivity contribution is 0.0783. The summed E-state index contributed by atoms with van der Waals surface area (Å²) >= 11 is 6.01. The number of nitrogens with one attached hydrogen (secondary N) is 1. The maximum atomic E-state index is 13.3. The molecule has 8 heteroatoms. The molecule has 1 aromatic heterocycles. The lowest BCUT2D eigenvalue weighted by atomic mass is 10.1. The molecule has 1 aliphatic rings. The monoisotopic (exact) mass is 429 g/mol. The Balaban J connectivity index is 1.49. The number of likely N-dealkylation sites (tertiary alicyclic amines) is 1. The highest BCUT2D eigenvalue weighted by Gasteiger charge is 2.31. The summed E-state index contributed by atoms with van der Waals surface area (Å²) in [6.45, 7) is 5.89. The first-order valence-corrected chi connectivity index (χ1v) is 10.5. The number of carbonyl (C=O) groups excluding carboxylic acids is 1. The van der Waals surface area contributed by atoms with Crippen LogP contribution in [0.3, 0.4) is 0 Å². The molecule has 0 bridgehead atoms. The van der Waals surface area contributed by atoms with Crippen LogP contribution in [0.15, 0.2) is 40.8 Å². The number of amides is 1. The number of aromatic nitrogens is 1. The topological polar surface area (TPSA) is 76.8 Å². The van der Waals surface area contributed by atoms with E-state index in [1.54, 1.807) is 29.2 Å². The van der Waals surface area contributed by atoms with E-state index in [1.165, 1.54) is 0 Å². The Morgan fingerprint density at radius 1 is 1.23 bits per heavy atom. The van der Waals surface area contributed by atoms with Crippen molar-refractivity contribution in [1.29, 1.82) is 0 Å². The molecule has 0 saturated carbocycles. The number of halogens is 1. The molecule has 30 heavy (non-hydrogen) atoms. The third-order valence-corrected chi connectivity index (χ3v) is 5.19. The van der Waals surface area contributed by atoms with E-state index >= 15 is 0 Å². The Hall–Kier alpha value is -2.93. The van der Waals surface area contributed by atoms with Gasteiger partial charge in [-0.1, -0.05) is 17.7 Å². The van der Waals surface area contributed by atoms with Gasteiger partial charge in [0.1, 0.15) is 22.6 Å². The van der Waals surface area contributed by atoms with E-state index in [9.17, 15) is 4.79 Å². The number of anilines is 1. The van der Waals surface area contributed by atoms with Gasteiger partial charge in [0.15, 0.2) is 5.58 Å². The van der Waals surface area contributed by atoms with Crippen molar-refractivity contribution in [2.24, 2.45) is 0 Å². The molecule has 1 fully saturated rings. The van der Waals surface area contributed by atoms with Crippen molar-refractivity contribution < 1.29 is 18.7 Å². The van der Waals surface area contributed by atoms with Crippen LogP contribution >= 0.6 is 11.6 Å². The van der Waals surface area contributed by atoms with Crippen molar-refractivity contribution >= 4 is 34.6 Å². The number of benzene rings is 2. The second-order valence-electron chi connectivity index (χ2n) is 7.01. The van der Waals surface area contributed by atoms with Crippen molar-refractivity contribution in [3.63, 3.8) is 0 Å². The molecular formula is C22H24ClN3O4. The fourth-order valence-electron chi connectivity index (χ4n) is 3.63. The second kappa shape index (κ2) is 8.83. The molecule has 0 unspecified atom stereocenters. The predicted molar refractivity (Wildman–Crippen MR) is 116 cm³/mol. The highest BCUT2D eigenvalue weighted by atomic mass is 35.5. The molecule has 2 aromatic carbocycles. The Kier molecular flexibility index (Phi) is 5.99. The molecule has 3 aromatic rings. The number of nitrogens with zero attached hydrogens (tertiary/aromatic N) is 2. The molecule has 1 amide bonds. The summed E-state index contributed by atoms with van der Waals surface area (Å²) < 4.78 is 17.1. The maximum Gasteiger partial charge on any atom is 0.295 e. The normalized spacial score (nSPS) is 16.1. The van der Waals surface area contributed by atoms with Gasteiger partial charge in [-0.3, -0.25) is 4.79 Å². The number of oxazole rings is 1. The van der Waals surface area contributed by atoms with Crippen LogP contribution in [0, 0.1) is 0 Å². The van der Waals surface area contributed by atoms with Crippen molar-refractivity contribution in [2.75, 3.05) is 31.6 Å². The summed E-state index contributed by atoms with van der Waals surface area (Å²) in [7, 11) is 0. The fourth-order valence-corrected chi connectivity index (χ4v) is 3.79. The zero-order chi connectivity index (χ0) is 21.1. The van der Waals surface area contributed by atoms with Crippen LogP contribution in [-0.4, -0.2) is 48.1 Å². The maximum absolute atomic E-state index is 13.3. The number of hydrogen-bond donors (Lipinski definition) is 1. The van der Waals surface area contributed by atoms with E-state index < -0.39 is 0 Å². The summed E-state index contributed by atoms with van der Waals surface area (Å²) in [5.41, 5.74) is 1.83. The number of hydrogen-bond acceptors (Lipinski definition) is 6. The summed E-state index contributed by atoms with van der Waals surface area (Å²) in [5, 5.41) is 3.89. The average Bonchev–Trinajstić information content (AvgIpc) is 3.35. The minimum absolute atomic E-state index is 0.0345. The molecule has 4 rings (SSSR count). The molecule has 7 nitrogen and oxygen atoms in total. The van der Waals surface area contributed by atoms with Crippen LogP contribution < -0.4 is 14.8 Å². The number of carbonyl (C=O) groups is 1. The summed E-state index contributed by atoms with van der Waals surface area (Å²) in [5.74, 6) is 0.984. The fraction of sp³-hybridized carbons (Fsp3) is 0.364. The van der Waals surface area contributed by atoms with Gasteiger partial charge in [0, 0.05) is 30.2 Å². The smallest absolute Gasteiger partial charge is 0.295 e. The lowest BCUT2D eigenvalue weighted by Crippen LogP contribution is -2.32. The van der Waals surface area contributed by atoms with Crippen LogP contribution in [0.2, 0.25) is 5.02 Å². The third kappa shape index (κ3) is 4.16. The van der Waals surface area contributed by atoms with E-state index in [4.69, 9.17) is 25.5 Å². The van der Waals surface area contributed by atoms with Gasteiger partial charge in [-0.2, -0.15) is 4.98 Å². The lowest BCUT2D eigenvalue weighted by Gasteiger charge is -2.20. The molecule has 0 aliphatic carbocycles. The van der Waals surface area contributed by atoms with Crippen molar-refractivity contribution in [3.05, 3.63) is 47.0 Å². The molecule has 1 saturated heterocycles. The standard InChI is InChI=1S/C22H24ClN3O4/c1-3-28-17-6-5-7-18(29-4-2)20(17)21(27)26-11-10-15(13-26)24-22-25-16-9-8-14(23)12-19(16)30-22/h5-9,12,15H,3-4,10-11,13H2,1-2H3,(H,24,25)/t15-/m1/s1. The second-order valence-corrected chi connectivity index (χ2v) is 7.44. The minimum Gasteiger partial charge on any atom is -0.493 e. The Morgan fingerprint density at radius 2 is 1.97 bits per heavy atom. The Labute approximate surface area is 179 Å². The van der Waals surface area contributed by atoms with E-state index in [-0.39, 0.29) is 11.9 Å². The van der Waals surface area contributed by atoms with E-state index in [2.05, 4.69) is 10.3 Å². The SMILES string of the molecule is CCOc1cccc(OCC)c1C(=O)N1CC[C@@H](Nc2nc3ccc(Cl)cc3o2)C1. The van der Waals surface area contributed by atoms with Gasteiger partial charge in [0.05, 0.1) is 13.2 Å². The number of ether oxygens (including phenoxy) is 2. The van der Waals surface area contributed by atoms with Crippen molar-refractivity contribution in [1.82, 2.24) is 9.88 Å². The third-order valence-electron chi connectivity index (χ3n) is 4.96. The highest BCUT2D eigenvalue weighted by molar-refractivity contribution is 6.31. The quantitative estimate of drug-likeness (QED) is 0.591. The molecule has 158 valence electrons. The zero-order valence-corrected chi connectivity index (χ0v) is 17.7. The van der Waals surface area contributed by atoms with Crippen LogP contribution in [0.4, 0.5) is 6.01 Å². The van der Waals surface area contributed by atoms with Crippen molar-refractivity contribution in [2.45, 2.75) is 26.3 Å². The number of rotatable bonds is 7. The van der Waals surface area contributed by atoms with Crippen molar-refractivity contribution in [3.8, 4) is 11.5 Å². The Morgan fingerprint density at radius 3 is 2.67 bits per heavy atom. The first-order chi connectivity index (χ1) is 14.6. The van der Waals surface area contributed by atoms with Gasteiger partial charge >= 0.3 is 0 Å². The molecule has 1 N–H and O–H groups in total. The summed E-state index contributed by atoms with van der Waals surface area (Å²) in [6, 6.07) is 11.2. The summed E-state index contributed by atoms with van der Waals surface area (Å²) in [4.78, 5) is 19.5. The van der Waals surface area contributed by atoms with E-state index in [0.29, 0.717) is 60.0 Å². The molecule has 1 aliphatic heterocycles. The minimum atomic E-state index is -0.101. The van der Waals surface area contributed by atoms with Gasteiger partial charge in [-0.05, 0) is 44.5 Å². The highest BCUT2D eigenvalue weighted by Crippen LogP contribution is 2.32. The summed E-state index contributed by atoms with van der Waals surface area (Å²) in [6.07, 6.45) is 0.784. The average molecular weight is 430 g/mol. The van der Waals surface area contributed by atoms with Crippen LogP contribution in [-0.2, 0) is 0 Å². The van der Waals surface area contributed by atoms with E-state index in [0.717, 1.165) is 11.9 Å². The Bertz CT molecular complexity index is 1030. The van der Waals surface area contributed by atoms with E-state index in [1.807, 2.05) is 26.0 Å². The van der Waals surface area contributed by atoms with Crippen LogP contribution in [0.25, 0.3) is 11.1 Å². The first kappa shape index (κ1) is 20.3. The van der Waals surface area contributed by atoms with Gasteiger partial charge in [-0.15, -0.1) is 0 Å². The molecular weight excluding hydrogens is 406 g/mol. The van der Waals surface area contributed by atoms with Gasteiger partial charge in [0.25, 0.3) is 11.9 Å². The van der Waals surface area contributed by atoms with Gasteiger partial charge < -0.3 is 24.1 Å². The molecule has 2 heterocycles. The zero-order valence-electron chi connectivity index (χ0n) is 17.0. The van der Waals surface area contributed by atoms with Gasteiger partial charge in [-0.25, -0.2) is 0 Å². The number of fused-ring (bicyclic) bond motifs is 1. The largest absolute Gasteiger partial charge is 0.493 e. The van der Waals surface area contributed by atoms with Crippen LogP contribution in [0.5, 0.6) is 11.5 Å². The molecule has 1 atom stereocenters. The van der Waals surface area contributed by atoms with Crippen LogP contribution in [0.1, 0.15) is 30.6 Å². The van der Waals surface area contributed by atoms with Gasteiger partial charge in [0.2, 0.25) is 0 Å².